The summed E-state index contributed by atoms with van der Waals surface area (Å²) < 4.78 is 33.5. The molecule has 3 aromatic rings. The predicted molar refractivity (Wildman–Crippen MR) is 127 cm³/mol. The lowest BCUT2D eigenvalue weighted by Crippen LogP contribution is -2.27. The maximum Gasteiger partial charge on any atom is 0.262 e. The zero-order valence-electron chi connectivity index (χ0n) is 17.4. The van der Waals surface area contributed by atoms with Crippen molar-refractivity contribution in [2.24, 2.45) is 0 Å². The first-order chi connectivity index (χ1) is 15.2. The molecule has 3 rings (SSSR count). The standard InChI is InChI=1S/C23H22Cl2N2O4S/c1-15-12-18(24)8-10-21(15)26-23(28)14-31-22-11-9-19(13-20(22)25)32(29,30)27-16(2)17-6-4-3-5-7-17/h3-13,16,27H,14H2,1-2H3,(H,26,28)/t16-/m0/s1. The summed E-state index contributed by atoms with van der Waals surface area (Å²) in [4.78, 5) is 12.2. The molecule has 0 saturated heterocycles. The summed E-state index contributed by atoms with van der Waals surface area (Å²) in [5.74, 6) is -0.189. The van der Waals surface area contributed by atoms with E-state index in [1.165, 1.54) is 18.2 Å². The number of sulfonamides is 1. The molecule has 0 heterocycles. The summed E-state index contributed by atoms with van der Waals surface area (Å²) in [5.41, 5.74) is 2.27. The van der Waals surface area contributed by atoms with Crippen molar-refractivity contribution in [3.63, 3.8) is 0 Å². The van der Waals surface area contributed by atoms with Crippen LogP contribution in [0.4, 0.5) is 5.69 Å². The molecule has 1 atom stereocenters. The molecule has 0 aliphatic heterocycles. The van der Waals surface area contributed by atoms with E-state index in [2.05, 4.69) is 10.0 Å². The third-order valence-corrected chi connectivity index (χ3v) is 6.74. The van der Waals surface area contributed by atoms with E-state index in [9.17, 15) is 13.2 Å². The molecular formula is C23H22Cl2N2O4S. The van der Waals surface area contributed by atoms with Crippen LogP contribution in [0.2, 0.25) is 10.0 Å². The van der Waals surface area contributed by atoms with E-state index >= 15 is 0 Å². The number of benzene rings is 3. The molecule has 0 unspecified atom stereocenters. The van der Waals surface area contributed by atoms with Gasteiger partial charge in [-0.25, -0.2) is 13.1 Å². The molecule has 0 bridgehead atoms. The van der Waals surface area contributed by atoms with E-state index < -0.39 is 16.1 Å². The van der Waals surface area contributed by atoms with E-state index in [1.54, 1.807) is 25.1 Å². The van der Waals surface area contributed by atoms with Gasteiger partial charge in [0.15, 0.2) is 6.61 Å². The molecule has 168 valence electrons. The van der Waals surface area contributed by atoms with Gasteiger partial charge < -0.3 is 10.1 Å². The fourth-order valence-corrected chi connectivity index (χ4v) is 4.76. The molecule has 0 spiro atoms. The van der Waals surface area contributed by atoms with Crippen LogP contribution in [0, 0.1) is 6.92 Å². The predicted octanol–water partition coefficient (Wildman–Crippen LogP) is 5.36. The summed E-state index contributed by atoms with van der Waals surface area (Å²) in [6, 6.07) is 18.0. The minimum Gasteiger partial charge on any atom is -0.482 e. The van der Waals surface area contributed by atoms with Crippen molar-refractivity contribution in [2.45, 2.75) is 24.8 Å². The average molecular weight is 493 g/mol. The number of carbonyl (C=O) groups excluding carboxylic acids is 1. The molecule has 6 nitrogen and oxygen atoms in total. The molecule has 0 radical (unpaired) electrons. The number of rotatable bonds is 8. The number of nitrogens with one attached hydrogen (secondary N) is 2. The summed E-state index contributed by atoms with van der Waals surface area (Å²) in [6.45, 7) is 3.29. The quantitative estimate of drug-likeness (QED) is 0.443. The first-order valence-electron chi connectivity index (χ1n) is 9.71. The Hall–Kier alpha value is -2.58. The lowest BCUT2D eigenvalue weighted by atomic mass is 10.1. The van der Waals surface area contributed by atoms with Gasteiger partial charge in [0.2, 0.25) is 10.0 Å². The highest BCUT2D eigenvalue weighted by molar-refractivity contribution is 7.89. The summed E-state index contributed by atoms with van der Waals surface area (Å²) in [7, 11) is -3.81. The van der Waals surface area contributed by atoms with Crippen molar-refractivity contribution in [3.8, 4) is 5.75 Å². The second-order valence-electron chi connectivity index (χ2n) is 7.14. The van der Waals surface area contributed by atoms with E-state index in [0.29, 0.717) is 10.7 Å². The number of hydrogen-bond donors (Lipinski definition) is 2. The largest absolute Gasteiger partial charge is 0.482 e. The van der Waals surface area contributed by atoms with Gasteiger partial charge in [-0.3, -0.25) is 4.79 Å². The van der Waals surface area contributed by atoms with Gasteiger partial charge in [-0.15, -0.1) is 0 Å². The minimum atomic E-state index is -3.81. The van der Waals surface area contributed by atoms with Crippen molar-refractivity contribution < 1.29 is 17.9 Å². The Bertz CT molecular complexity index is 1220. The molecule has 0 fully saturated rings. The maximum absolute atomic E-state index is 12.7. The average Bonchev–Trinajstić information content (AvgIpc) is 2.75. The van der Waals surface area contributed by atoms with Crippen LogP contribution in [0.3, 0.4) is 0 Å². The lowest BCUT2D eigenvalue weighted by Gasteiger charge is -2.15. The summed E-state index contributed by atoms with van der Waals surface area (Å²) in [6.07, 6.45) is 0. The third kappa shape index (κ3) is 6.23. The van der Waals surface area contributed by atoms with Crippen LogP contribution in [0.25, 0.3) is 0 Å². The molecule has 1 amide bonds. The van der Waals surface area contributed by atoms with Crippen LogP contribution >= 0.6 is 23.2 Å². The molecular weight excluding hydrogens is 471 g/mol. The van der Waals surface area contributed by atoms with Crippen molar-refractivity contribution in [3.05, 3.63) is 87.9 Å². The smallest absolute Gasteiger partial charge is 0.262 e. The number of hydrogen-bond acceptors (Lipinski definition) is 4. The zero-order valence-corrected chi connectivity index (χ0v) is 19.8. The number of amides is 1. The van der Waals surface area contributed by atoms with E-state index in [1.807, 2.05) is 37.3 Å². The van der Waals surface area contributed by atoms with Crippen LogP contribution in [0.1, 0.15) is 24.1 Å². The Labute approximate surface area is 197 Å². The third-order valence-electron chi connectivity index (χ3n) is 4.67. The molecule has 3 aromatic carbocycles. The number of carbonyl (C=O) groups is 1. The van der Waals surface area contributed by atoms with E-state index in [4.69, 9.17) is 27.9 Å². The number of ether oxygens (including phenoxy) is 1. The fraction of sp³-hybridized carbons (Fsp3) is 0.174. The summed E-state index contributed by atoms with van der Waals surface area (Å²) >= 11 is 12.1. The topological polar surface area (TPSA) is 84.5 Å². The van der Waals surface area contributed by atoms with Gasteiger partial charge in [0.1, 0.15) is 5.75 Å². The van der Waals surface area contributed by atoms with Gasteiger partial charge in [-0.2, -0.15) is 0 Å². The lowest BCUT2D eigenvalue weighted by molar-refractivity contribution is -0.118. The van der Waals surface area contributed by atoms with Crippen LogP contribution < -0.4 is 14.8 Å². The normalized spacial score (nSPS) is 12.2. The highest BCUT2D eigenvalue weighted by Crippen LogP contribution is 2.28. The molecule has 2 N–H and O–H groups in total. The molecule has 9 heteroatoms. The van der Waals surface area contributed by atoms with Gasteiger partial charge in [0, 0.05) is 16.8 Å². The molecule has 0 aliphatic carbocycles. The number of anilines is 1. The Morgan fingerprint density at radius 2 is 1.75 bits per heavy atom. The van der Waals surface area contributed by atoms with Crippen LogP contribution in [0.15, 0.2) is 71.6 Å². The second kappa shape index (κ2) is 10.4. The van der Waals surface area contributed by atoms with Crippen LogP contribution in [-0.4, -0.2) is 20.9 Å². The van der Waals surface area contributed by atoms with E-state index in [-0.39, 0.29) is 28.2 Å². The van der Waals surface area contributed by atoms with Gasteiger partial charge in [0.05, 0.1) is 9.92 Å². The Morgan fingerprint density at radius 3 is 2.41 bits per heavy atom. The van der Waals surface area contributed by atoms with Gasteiger partial charge in [-0.05, 0) is 61.4 Å². The first-order valence-corrected chi connectivity index (χ1v) is 12.0. The highest BCUT2D eigenvalue weighted by Gasteiger charge is 2.20. The number of aryl methyl sites for hydroxylation is 1. The minimum absolute atomic E-state index is 0.00104. The SMILES string of the molecule is Cc1cc(Cl)ccc1NC(=O)COc1ccc(S(=O)(=O)N[C@@H](C)c2ccccc2)cc1Cl. The Balaban J connectivity index is 1.63. The van der Waals surface area contributed by atoms with Gasteiger partial charge in [0.25, 0.3) is 5.91 Å². The van der Waals surface area contributed by atoms with E-state index in [0.717, 1.165) is 11.1 Å². The molecule has 0 saturated carbocycles. The van der Waals surface area contributed by atoms with Gasteiger partial charge >= 0.3 is 0 Å². The highest BCUT2D eigenvalue weighted by atomic mass is 35.5. The molecule has 0 aliphatic rings. The maximum atomic E-state index is 12.7. The second-order valence-corrected chi connectivity index (χ2v) is 9.70. The van der Waals surface area contributed by atoms with Crippen molar-refractivity contribution >= 4 is 44.8 Å². The van der Waals surface area contributed by atoms with Crippen molar-refractivity contribution in [1.29, 1.82) is 0 Å². The van der Waals surface area contributed by atoms with Crippen LogP contribution in [-0.2, 0) is 14.8 Å². The van der Waals surface area contributed by atoms with Crippen molar-refractivity contribution in [1.82, 2.24) is 4.72 Å². The van der Waals surface area contributed by atoms with Crippen molar-refractivity contribution in [2.75, 3.05) is 11.9 Å². The Kier molecular flexibility index (Phi) is 7.79. The molecule has 0 aromatic heterocycles. The Morgan fingerprint density at radius 1 is 1.03 bits per heavy atom. The zero-order chi connectivity index (χ0) is 23.3. The summed E-state index contributed by atoms with van der Waals surface area (Å²) in [5, 5.41) is 3.38. The first kappa shape index (κ1) is 24.1. The monoisotopic (exact) mass is 492 g/mol. The molecule has 32 heavy (non-hydrogen) atoms. The fourth-order valence-electron chi connectivity index (χ4n) is 2.97. The van der Waals surface area contributed by atoms with Gasteiger partial charge in [-0.1, -0.05) is 53.5 Å². The van der Waals surface area contributed by atoms with Crippen LogP contribution in [0.5, 0.6) is 5.75 Å². The number of halogens is 2.